The van der Waals surface area contributed by atoms with Crippen LogP contribution in [-0.2, 0) is 16.4 Å². The van der Waals surface area contributed by atoms with Crippen molar-refractivity contribution < 1.29 is 17.9 Å². The van der Waals surface area contributed by atoms with Gasteiger partial charge >= 0.3 is 0 Å². The van der Waals surface area contributed by atoms with Gasteiger partial charge in [0.05, 0.1) is 22.1 Å². The molecule has 32 heavy (non-hydrogen) atoms. The Balaban J connectivity index is 1.57. The van der Waals surface area contributed by atoms with Crippen LogP contribution in [0.15, 0.2) is 47.4 Å². The van der Waals surface area contributed by atoms with Gasteiger partial charge in [0, 0.05) is 27.2 Å². The molecule has 1 aliphatic rings. The molecule has 2 aromatic carbocycles. The van der Waals surface area contributed by atoms with Gasteiger partial charge in [-0.15, -0.1) is 0 Å². The fourth-order valence-electron chi connectivity index (χ4n) is 3.92. The third-order valence-electron chi connectivity index (χ3n) is 5.92. The zero-order valence-corrected chi connectivity index (χ0v) is 20.5. The number of carbonyl (C=O) groups excluding carboxylic acids is 1. The molecule has 0 spiro atoms. The van der Waals surface area contributed by atoms with Gasteiger partial charge < -0.3 is 9.64 Å². The fourth-order valence-corrected chi connectivity index (χ4v) is 5.05. The summed E-state index contributed by atoms with van der Waals surface area (Å²) in [6.45, 7) is 3.93. The first-order valence-corrected chi connectivity index (χ1v) is 12.8. The molecular formula is C24H31ClN2O4S. The fraction of sp³-hybridized carbons (Fsp3) is 0.458. The topological polar surface area (TPSA) is 66.9 Å². The van der Waals surface area contributed by atoms with Gasteiger partial charge in [-0.25, -0.2) is 12.7 Å². The Hall–Kier alpha value is -2.09. The summed E-state index contributed by atoms with van der Waals surface area (Å²) in [7, 11) is -0.709. The van der Waals surface area contributed by atoms with E-state index in [0.717, 1.165) is 35.7 Å². The minimum Gasteiger partial charge on any atom is -0.494 e. The van der Waals surface area contributed by atoms with Crippen molar-refractivity contribution in [1.29, 1.82) is 0 Å². The quantitative estimate of drug-likeness (QED) is 0.561. The summed E-state index contributed by atoms with van der Waals surface area (Å²) in [6, 6.07) is 12.5. The maximum Gasteiger partial charge on any atom is 0.255 e. The number of hydrogen-bond donors (Lipinski definition) is 0. The summed E-state index contributed by atoms with van der Waals surface area (Å²) in [4.78, 5) is 14.9. The average Bonchev–Trinajstić information content (AvgIpc) is 2.79. The van der Waals surface area contributed by atoms with E-state index in [9.17, 15) is 13.2 Å². The Bertz CT molecular complexity index is 1030. The maximum absolute atomic E-state index is 13.1. The monoisotopic (exact) mass is 478 g/mol. The highest BCUT2D eigenvalue weighted by Gasteiger charge is 2.27. The van der Waals surface area contributed by atoms with Crippen molar-refractivity contribution in [2.24, 2.45) is 5.92 Å². The molecule has 174 valence electrons. The average molecular weight is 479 g/mol. The molecule has 0 radical (unpaired) electrons. The van der Waals surface area contributed by atoms with E-state index in [0.29, 0.717) is 25.6 Å². The lowest BCUT2D eigenvalue weighted by atomic mass is 9.90. The molecule has 1 heterocycles. The van der Waals surface area contributed by atoms with E-state index in [1.807, 2.05) is 19.1 Å². The number of sulfonamides is 1. The molecule has 3 rings (SSSR count). The van der Waals surface area contributed by atoms with Crippen molar-refractivity contribution in [2.75, 3.05) is 33.8 Å². The summed E-state index contributed by atoms with van der Waals surface area (Å²) in [5.41, 5.74) is 1.53. The lowest BCUT2D eigenvalue weighted by Gasteiger charge is -2.32. The largest absolute Gasteiger partial charge is 0.494 e. The standard InChI is InChI=1S/C24H31ClN2O4S/c1-4-31-20-9-7-18(8-10-20)5-6-19-13-15-27(16-14-19)24(28)22-17-21(11-12-23(22)25)32(29,30)26(2)3/h7-12,17,19H,4-6,13-16H2,1-3H3. The van der Waals surface area contributed by atoms with Crippen molar-refractivity contribution in [3.05, 3.63) is 58.6 Å². The van der Waals surface area contributed by atoms with Gasteiger partial charge in [0.25, 0.3) is 5.91 Å². The van der Waals surface area contributed by atoms with Crippen LogP contribution in [0.1, 0.15) is 42.1 Å². The van der Waals surface area contributed by atoms with Crippen LogP contribution >= 0.6 is 11.6 Å². The summed E-state index contributed by atoms with van der Waals surface area (Å²) in [5, 5.41) is 0.269. The van der Waals surface area contributed by atoms with Gasteiger partial charge in [0.2, 0.25) is 10.0 Å². The molecule has 8 heteroatoms. The molecule has 0 saturated carbocycles. The number of likely N-dealkylation sites (tertiary alicyclic amines) is 1. The van der Waals surface area contributed by atoms with E-state index in [-0.39, 0.29) is 21.4 Å². The van der Waals surface area contributed by atoms with E-state index in [2.05, 4.69) is 12.1 Å². The van der Waals surface area contributed by atoms with Crippen molar-refractivity contribution in [3.63, 3.8) is 0 Å². The van der Waals surface area contributed by atoms with Crippen molar-refractivity contribution in [2.45, 2.75) is 37.5 Å². The third-order valence-corrected chi connectivity index (χ3v) is 8.06. The van der Waals surface area contributed by atoms with Gasteiger partial charge in [0.15, 0.2) is 0 Å². The predicted molar refractivity (Wildman–Crippen MR) is 127 cm³/mol. The molecular weight excluding hydrogens is 448 g/mol. The zero-order chi connectivity index (χ0) is 23.3. The minimum absolute atomic E-state index is 0.0699. The number of hydrogen-bond acceptors (Lipinski definition) is 4. The number of benzene rings is 2. The molecule has 0 aliphatic carbocycles. The molecule has 1 fully saturated rings. The van der Waals surface area contributed by atoms with Crippen LogP contribution in [-0.4, -0.2) is 57.3 Å². The predicted octanol–water partition coefficient (Wildman–Crippen LogP) is 4.47. The summed E-state index contributed by atoms with van der Waals surface area (Å²) in [6.07, 6.45) is 3.93. The van der Waals surface area contributed by atoms with Crippen molar-refractivity contribution in [3.8, 4) is 5.75 Å². The molecule has 1 aliphatic heterocycles. The second kappa shape index (κ2) is 10.7. The number of nitrogens with zero attached hydrogens (tertiary/aromatic N) is 2. The molecule has 1 amide bonds. The van der Waals surface area contributed by atoms with E-state index in [1.54, 1.807) is 4.90 Å². The number of rotatable bonds is 8. The normalized spacial score (nSPS) is 15.2. The highest BCUT2D eigenvalue weighted by molar-refractivity contribution is 7.89. The Morgan fingerprint density at radius 2 is 1.78 bits per heavy atom. The van der Waals surface area contributed by atoms with Crippen LogP contribution in [0.3, 0.4) is 0 Å². The Morgan fingerprint density at radius 1 is 1.12 bits per heavy atom. The number of halogens is 1. The van der Waals surface area contributed by atoms with E-state index < -0.39 is 10.0 Å². The first-order valence-electron chi connectivity index (χ1n) is 11.0. The van der Waals surface area contributed by atoms with Crippen molar-refractivity contribution >= 4 is 27.5 Å². The van der Waals surface area contributed by atoms with E-state index in [4.69, 9.17) is 16.3 Å². The second-order valence-corrected chi connectivity index (χ2v) is 10.8. The Kier molecular flexibility index (Phi) is 8.20. The maximum atomic E-state index is 13.1. The Labute approximate surface area is 196 Å². The summed E-state index contributed by atoms with van der Waals surface area (Å²) < 4.78 is 31.5. The summed E-state index contributed by atoms with van der Waals surface area (Å²) >= 11 is 6.25. The number of piperidine rings is 1. The van der Waals surface area contributed by atoms with Crippen LogP contribution in [0.4, 0.5) is 0 Å². The lowest BCUT2D eigenvalue weighted by Crippen LogP contribution is -2.38. The highest BCUT2D eigenvalue weighted by Crippen LogP contribution is 2.27. The molecule has 0 N–H and O–H groups in total. The highest BCUT2D eigenvalue weighted by atomic mass is 35.5. The first kappa shape index (κ1) is 24.6. The smallest absolute Gasteiger partial charge is 0.255 e. The Morgan fingerprint density at radius 3 is 2.38 bits per heavy atom. The van der Waals surface area contributed by atoms with Gasteiger partial charge in [-0.1, -0.05) is 23.7 Å². The van der Waals surface area contributed by atoms with Gasteiger partial charge in [0.1, 0.15) is 5.75 Å². The van der Waals surface area contributed by atoms with E-state index in [1.165, 1.54) is 37.9 Å². The molecule has 0 aromatic heterocycles. The second-order valence-electron chi connectivity index (χ2n) is 8.28. The number of ether oxygens (including phenoxy) is 1. The van der Waals surface area contributed by atoms with Gasteiger partial charge in [-0.2, -0.15) is 0 Å². The van der Waals surface area contributed by atoms with Crippen molar-refractivity contribution in [1.82, 2.24) is 9.21 Å². The van der Waals surface area contributed by atoms with Gasteiger partial charge in [-0.05, 0) is 74.4 Å². The van der Waals surface area contributed by atoms with Gasteiger partial charge in [-0.3, -0.25) is 4.79 Å². The van der Waals surface area contributed by atoms with E-state index >= 15 is 0 Å². The molecule has 2 aromatic rings. The molecule has 0 bridgehead atoms. The van der Waals surface area contributed by atoms with Crippen LogP contribution in [0.2, 0.25) is 5.02 Å². The molecule has 1 saturated heterocycles. The number of amides is 1. The van der Waals surface area contributed by atoms with Crippen LogP contribution in [0.5, 0.6) is 5.75 Å². The number of aryl methyl sites for hydroxylation is 1. The van der Waals surface area contributed by atoms with Crippen LogP contribution in [0, 0.1) is 5.92 Å². The molecule has 0 unspecified atom stereocenters. The molecule has 6 nitrogen and oxygen atoms in total. The minimum atomic E-state index is -3.63. The lowest BCUT2D eigenvalue weighted by molar-refractivity contribution is 0.0687. The molecule has 0 atom stereocenters. The SMILES string of the molecule is CCOc1ccc(CCC2CCN(C(=O)c3cc(S(=O)(=O)N(C)C)ccc3Cl)CC2)cc1. The third kappa shape index (κ3) is 5.82. The summed E-state index contributed by atoms with van der Waals surface area (Å²) in [5.74, 6) is 1.24. The number of carbonyl (C=O) groups is 1. The van der Waals surface area contributed by atoms with Crippen LogP contribution in [0.25, 0.3) is 0 Å². The van der Waals surface area contributed by atoms with Crippen LogP contribution < -0.4 is 4.74 Å². The zero-order valence-electron chi connectivity index (χ0n) is 18.9. The first-order chi connectivity index (χ1) is 15.2.